The van der Waals surface area contributed by atoms with Gasteiger partial charge < -0.3 is 20.1 Å². The molecule has 0 saturated carbocycles. The Morgan fingerprint density at radius 3 is 2.03 bits per heavy atom. The van der Waals surface area contributed by atoms with Crippen molar-refractivity contribution < 1.29 is 9.84 Å². The van der Waals surface area contributed by atoms with Crippen molar-refractivity contribution in [1.82, 2.24) is 10.3 Å². The molecule has 0 fully saturated rings. The second kappa shape index (κ2) is 12.4. The highest BCUT2D eigenvalue weighted by atomic mass is 16.5. The molecule has 5 heteroatoms. The summed E-state index contributed by atoms with van der Waals surface area (Å²) in [4.78, 5) is 14.3. The molecule has 5 nitrogen and oxygen atoms in total. The van der Waals surface area contributed by atoms with Crippen LogP contribution in [0.4, 0.5) is 0 Å². The van der Waals surface area contributed by atoms with Crippen molar-refractivity contribution in [3.63, 3.8) is 0 Å². The van der Waals surface area contributed by atoms with Crippen LogP contribution in [0, 0.1) is 0 Å². The van der Waals surface area contributed by atoms with Gasteiger partial charge in [0.05, 0.1) is 0 Å². The molecule has 0 atom stereocenters. The summed E-state index contributed by atoms with van der Waals surface area (Å²) in [6.07, 6.45) is 2.53. The van der Waals surface area contributed by atoms with Crippen molar-refractivity contribution in [2.45, 2.75) is 27.2 Å². The maximum absolute atomic E-state index is 11.5. The van der Waals surface area contributed by atoms with Crippen LogP contribution in [-0.4, -0.2) is 30.3 Å². The smallest absolute Gasteiger partial charge is 0.247 e. The fourth-order valence-electron chi connectivity index (χ4n) is 3.26. The number of aromatic amines is 1. The van der Waals surface area contributed by atoms with Gasteiger partial charge in [0.25, 0.3) is 0 Å². The molecule has 0 radical (unpaired) electrons. The number of rotatable bonds is 8. The molecule has 0 amide bonds. The highest BCUT2D eigenvalue weighted by Gasteiger charge is 2.13. The summed E-state index contributed by atoms with van der Waals surface area (Å²) in [5.41, 5.74) is 5.04. The van der Waals surface area contributed by atoms with Crippen molar-refractivity contribution in [3.8, 4) is 11.5 Å². The van der Waals surface area contributed by atoms with Gasteiger partial charge in [-0.05, 0) is 71.6 Å². The Balaban J connectivity index is 0.00000166. The third kappa shape index (κ3) is 6.59. The number of phenolic OH excluding ortho intramolecular Hbond substituents is 1. The topological polar surface area (TPSA) is 74.3 Å². The molecule has 3 N–H and O–H groups in total. The van der Waals surface area contributed by atoms with E-state index in [-0.39, 0.29) is 11.3 Å². The summed E-state index contributed by atoms with van der Waals surface area (Å²) in [5.74, 6) is 1.04. The predicted octanol–water partition coefficient (Wildman–Crippen LogP) is 5.07. The minimum Gasteiger partial charge on any atom is -0.508 e. The van der Waals surface area contributed by atoms with Gasteiger partial charge in [0.15, 0.2) is 0 Å². The summed E-state index contributed by atoms with van der Waals surface area (Å²) in [7, 11) is 1.89. The van der Waals surface area contributed by atoms with Crippen molar-refractivity contribution in [3.05, 3.63) is 93.9 Å². The molecule has 3 rings (SSSR count). The van der Waals surface area contributed by atoms with Crippen molar-refractivity contribution >= 4 is 11.1 Å². The number of likely N-dealkylation sites (N-methyl/N-ethyl adjacent to an activating group) is 1. The Kier molecular flexibility index (Phi) is 9.59. The number of allylic oxidation sites excluding steroid dienone is 1. The Morgan fingerprint density at radius 2 is 1.52 bits per heavy atom. The van der Waals surface area contributed by atoms with E-state index in [0.717, 1.165) is 46.6 Å². The Labute approximate surface area is 184 Å². The number of benzene rings is 2. The first kappa shape index (κ1) is 24.0. The van der Waals surface area contributed by atoms with Gasteiger partial charge in [0.2, 0.25) is 5.56 Å². The van der Waals surface area contributed by atoms with Gasteiger partial charge in [0.1, 0.15) is 18.1 Å². The van der Waals surface area contributed by atoms with E-state index in [1.54, 1.807) is 18.3 Å². The van der Waals surface area contributed by atoms with Crippen LogP contribution in [-0.2, 0) is 0 Å². The first-order chi connectivity index (χ1) is 15.1. The minimum atomic E-state index is -0.126. The fourth-order valence-corrected chi connectivity index (χ4v) is 3.26. The average Bonchev–Trinajstić information content (AvgIpc) is 2.81. The maximum atomic E-state index is 11.5. The van der Waals surface area contributed by atoms with Crippen LogP contribution in [0.2, 0.25) is 0 Å². The highest BCUT2D eigenvalue weighted by molar-refractivity contribution is 5.98. The van der Waals surface area contributed by atoms with E-state index in [1.807, 2.05) is 63.4 Å². The maximum Gasteiger partial charge on any atom is 0.247 e. The van der Waals surface area contributed by atoms with Crippen LogP contribution in [0.3, 0.4) is 0 Å². The van der Waals surface area contributed by atoms with Gasteiger partial charge in [-0.1, -0.05) is 45.0 Å². The van der Waals surface area contributed by atoms with Gasteiger partial charge in [-0.3, -0.25) is 4.79 Å². The third-order valence-electron chi connectivity index (χ3n) is 4.71. The van der Waals surface area contributed by atoms with E-state index in [2.05, 4.69) is 17.2 Å². The summed E-state index contributed by atoms with van der Waals surface area (Å²) in [6, 6.07) is 18.6. The molecule has 0 saturated heterocycles. The molecule has 0 spiro atoms. The van der Waals surface area contributed by atoms with Crippen LogP contribution in [0.5, 0.6) is 11.5 Å². The quantitative estimate of drug-likeness (QED) is 0.445. The normalized spacial score (nSPS) is 11.2. The van der Waals surface area contributed by atoms with Gasteiger partial charge in [-0.2, -0.15) is 0 Å². The van der Waals surface area contributed by atoms with Crippen LogP contribution in [0.15, 0.2) is 71.7 Å². The van der Waals surface area contributed by atoms with E-state index in [0.29, 0.717) is 6.61 Å². The number of hydrogen-bond donors (Lipinski definition) is 3. The molecule has 0 aliphatic carbocycles. The number of hydrogen-bond acceptors (Lipinski definition) is 4. The van der Waals surface area contributed by atoms with E-state index in [4.69, 9.17) is 4.74 Å². The lowest BCUT2D eigenvalue weighted by Gasteiger charge is -2.17. The molecule has 0 unspecified atom stereocenters. The predicted molar refractivity (Wildman–Crippen MR) is 129 cm³/mol. The monoisotopic (exact) mass is 420 g/mol. The Bertz CT molecular complexity index is 999. The van der Waals surface area contributed by atoms with E-state index >= 15 is 0 Å². The van der Waals surface area contributed by atoms with Crippen LogP contribution in [0.25, 0.3) is 11.1 Å². The SMILES string of the molecule is CC.CC/C(=C(\c1ccc(O)cc1)c1ccc(OCCNC)cc1)c1ccc(=O)[nH]c1. The number of aromatic nitrogens is 1. The van der Waals surface area contributed by atoms with Crippen molar-refractivity contribution in [2.75, 3.05) is 20.2 Å². The Morgan fingerprint density at radius 1 is 0.935 bits per heavy atom. The van der Waals surface area contributed by atoms with Gasteiger partial charge >= 0.3 is 0 Å². The number of ether oxygens (including phenoxy) is 1. The van der Waals surface area contributed by atoms with Crippen LogP contribution < -0.4 is 15.6 Å². The Hall–Kier alpha value is -3.31. The fraction of sp³-hybridized carbons (Fsp3) is 0.269. The first-order valence-corrected chi connectivity index (χ1v) is 10.7. The molecule has 0 aliphatic heterocycles. The summed E-state index contributed by atoms with van der Waals surface area (Å²) < 4.78 is 5.74. The number of aromatic hydroxyl groups is 1. The number of H-pyrrole nitrogens is 1. The summed E-state index contributed by atoms with van der Waals surface area (Å²) >= 11 is 0. The van der Waals surface area contributed by atoms with E-state index in [9.17, 15) is 9.90 Å². The zero-order chi connectivity index (χ0) is 22.6. The van der Waals surface area contributed by atoms with Crippen molar-refractivity contribution in [1.29, 1.82) is 0 Å². The van der Waals surface area contributed by atoms with Crippen LogP contribution in [0.1, 0.15) is 43.9 Å². The minimum absolute atomic E-state index is 0.126. The molecule has 2 aromatic carbocycles. The lowest BCUT2D eigenvalue weighted by Crippen LogP contribution is -2.15. The van der Waals surface area contributed by atoms with E-state index < -0.39 is 0 Å². The molecule has 0 bridgehead atoms. The number of pyridine rings is 1. The van der Waals surface area contributed by atoms with Gasteiger partial charge in [0, 0.05) is 18.8 Å². The molecule has 31 heavy (non-hydrogen) atoms. The van der Waals surface area contributed by atoms with Crippen LogP contribution >= 0.6 is 0 Å². The molecule has 164 valence electrons. The summed E-state index contributed by atoms with van der Waals surface area (Å²) in [5, 5.41) is 12.8. The molecular weight excluding hydrogens is 388 g/mol. The van der Waals surface area contributed by atoms with Gasteiger partial charge in [-0.15, -0.1) is 0 Å². The third-order valence-corrected chi connectivity index (χ3v) is 4.71. The summed E-state index contributed by atoms with van der Waals surface area (Å²) in [6.45, 7) is 7.48. The average molecular weight is 421 g/mol. The lowest BCUT2D eigenvalue weighted by molar-refractivity contribution is 0.318. The van der Waals surface area contributed by atoms with E-state index in [1.165, 1.54) is 6.07 Å². The standard InChI is InChI=1S/C24H26N2O3.C2H6/c1-3-22(19-8-13-23(28)26-16-19)24(17-4-9-20(27)10-5-17)18-6-11-21(12-7-18)29-15-14-25-2;1-2/h4-13,16,25,27H,3,14-15H2,1-2H3,(H,26,28);1-2H3/b24-22-;. The second-order valence-electron chi connectivity index (χ2n) is 6.67. The zero-order valence-corrected chi connectivity index (χ0v) is 18.7. The van der Waals surface area contributed by atoms with Gasteiger partial charge in [-0.25, -0.2) is 0 Å². The number of nitrogens with one attached hydrogen (secondary N) is 2. The second-order valence-corrected chi connectivity index (χ2v) is 6.67. The first-order valence-electron chi connectivity index (χ1n) is 10.7. The molecule has 3 aromatic rings. The largest absolute Gasteiger partial charge is 0.508 e. The van der Waals surface area contributed by atoms with Crippen molar-refractivity contribution in [2.24, 2.45) is 0 Å². The lowest BCUT2D eigenvalue weighted by atomic mass is 9.88. The molecular formula is C26H32N2O3. The zero-order valence-electron chi connectivity index (χ0n) is 18.7. The molecule has 1 aromatic heterocycles. The molecule has 1 heterocycles. The number of phenols is 1. The highest BCUT2D eigenvalue weighted by Crippen LogP contribution is 2.35. The molecule has 0 aliphatic rings.